The van der Waals surface area contributed by atoms with Crippen LogP contribution in [0.4, 0.5) is 0 Å². The Bertz CT molecular complexity index is 410. The minimum Gasteiger partial charge on any atom is -0.497 e. The van der Waals surface area contributed by atoms with Gasteiger partial charge >= 0.3 is 0 Å². The number of rotatable bonds is 7. The molecule has 2 nitrogen and oxygen atoms in total. The van der Waals surface area contributed by atoms with Crippen LogP contribution in [-0.2, 0) is 0 Å². The third-order valence-corrected chi connectivity index (χ3v) is 4.54. The van der Waals surface area contributed by atoms with Crippen molar-refractivity contribution in [3.05, 3.63) is 29.8 Å². The first-order valence-electron chi connectivity index (χ1n) is 7.71. The summed E-state index contributed by atoms with van der Waals surface area (Å²) in [5.41, 5.74) is 1.44. The molecule has 0 bridgehead atoms. The van der Waals surface area contributed by atoms with Gasteiger partial charge in [-0.2, -0.15) is 0 Å². The first-order chi connectivity index (χ1) is 9.31. The normalized spacial score (nSPS) is 27.1. The zero-order chi connectivity index (χ0) is 13.2. The lowest BCUT2D eigenvalue weighted by Crippen LogP contribution is -2.26. The summed E-state index contributed by atoms with van der Waals surface area (Å²) in [7, 11) is 1.73. The van der Waals surface area contributed by atoms with Gasteiger partial charge in [0.1, 0.15) is 5.75 Å². The van der Waals surface area contributed by atoms with Crippen LogP contribution >= 0.6 is 0 Å². The summed E-state index contributed by atoms with van der Waals surface area (Å²) in [6.45, 7) is 2.29. The maximum Gasteiger partial charge on any atom is 0.118 e. The van der Waals surface area contributed by atoms with E-state index in [2.05, 4.69) is 36.5 Å². The van der Waals surface area contributed by atoms with Crippen molar-refractivity contribution in [2.75, 3.05) is 7.11 Å². The van der Waals surface area contributed by atoms with Crippen LogP contribution < -0.4 is 10.1 Å². The Kier molecular flexibility index (Phi) is 3.79. The van der Waals surface area contributed by atoms with E-state index in [0.717, 1.165) is 23.6 Å². The highest BCUT2D eigenvalue weighted by molar-refractivity contribution is 5.30. The Morgan fingerprint density at radius 1 is 1.26 bits per heavy atom. The zero-order valence-corrected chi connectivity index (χ0v) is 12.1. The van der Waals surface area contributed by atoms with E-state index in [1.54, 1.807) is 7.11 Å². The van der Waals surface area contributed by atoms with Crippen molar-refractivity contribution < 1.29 is 4.74 Å². The molecule has 0 amide bonds. The van der Waals surface area contributed by atoms with Gasteiger partial charge in [-0.25, -0.2) is 0 Å². The van der Waals surface area contributed by atoms with Crippen LogP contribution in [0.15, 0.2) is 24.3 Å². The Hall–Kier alpha value is -1.02. The Morgan fingerprint density at radius 2 is 2.00 bits per heavy atom. The number of hydrogen-bond donors (Lipinski definition) is 1. The summed E-state index contributed by atoms with van der Waals surface area (Å²) >= 11 is 0. The standard InChI is InChI=1S/C17H25NO/c1-3-4-14-11-16(14)18-17(12-5-6-12)13-7-9-15(19-2)10-8-13/h7-10,12,14,16-18H,3-6,11H2,1-2H3. The fourth-order valence-corrected chi connectivity index (χ4v) is 3.12. The molecule has 1 N–H and O–H groups in total. The average molecular weight is 259 g/mol. The second-order valence-electron chi connectivity index (χ2n) is 6.15. The molecule has 104 valence electrons. The van der Waals surface area contributed by atoms with Crippen molar-refractivity contribution in [1.29, 1.82) is 0 Å². The summed E-state index contributed by atoms with van der Waals surface area (Å²) in [6, 6.07) is 9.97. The van der Waals surface area contributed by atoms with Gasteiger partial charge in [-0.1, -0.05) is 25.5 Å². The van der Waals surface area contributed by atoms with Gasteiger partial charge in [0.2, 0.25) is 0 Å². The van der Waals surface area contributed by atoms with Gasteiger partial charge in [-0.05, 0) is 55.2 Å². The third-order valence-electron chi connectivity index (χ3n) is 4.54. The van der Waals surface area contributed by atoms with Crippen molar-refractivity contribution in [1.82, 2.24) is 5.32 Å². The summed E-state index contributed by atoms with van der Waals surface area (Å²) in [4.78, 5) is 0. The van der Waals surface area contributed by atoms with Gasteiger partial charge in [0.25, 0.3) is 0 Å². The topological polar surface area (TPSA) is 21.3 Å². The molecule has 2 saturated carbocycles. The SMILES string of the molecule is CCCC1CC1NC(c1ccc(OC)cc1)C1CC1. The molecule has 0 saturated heterocycles. The molecule has 3 rings (SSSR count). The van der Waals surface area contributed by atoms with Gasteiger partial charge in [-0.3, -0.25) is 0 Å². The van der Waals surface area contributed by atoms with E-state index in [1.807, 2.05) is 0 Å². The van der Waals surface area contributed by atoms with Gasteiger partial charge < -0.3 is 10.1 Å². The molecular formula is C17H25NO. The van der Waals surface area contributed by atoms with Gasteiger partial charge in [0.15, 0.2) is 0 Å². The van der Waals surface area contributed by atoms with E-state index in [1.165, 1.54) is 37.7 Å². The van der Waals surface area contributed by atoms with Gasteiger partial charge in [0.05, 0.1) is 7.11 Å². The molecule has 0 aromatic heterocycles. The predicted octanol–water partition coefficient (Wildman–Crippen LogP) is 3.92. The Balaban J connectivity index is 1.64. The molecule has 3 unspecified atom stereocenters. The largest absolute Gasteiger partial charge is 0.497 e. The molecule has 2 heteroatoms. The second kappa shape index (κ2) is 5.54. The molecule has 19 heavy (non-hydrogen) atoms. The van der Waals surface area contributed by atoms with E-state index < -0.39 is 0 Å². The summed E-state index contributed by atoms with van der Waals surface area (Å²) < 4.78 is 5.25. The number of nitrogens with one attached hydrogen (secondary N) is 1. The molecule has 2 aliphatic carbocycles. The van der Waals surface area contributed by atoms with Crippen molar-refractivity contribution in [3.63, 3.8) is 0 Å². The predicted molar refractivity (Wildman–Crippen MR) is 78.4 cm³/mol. The minimum absolute atomic E-state index is 0.567. The highest BCUT2D eigenvalue weighted by Crippen LogP contribution is 2.45. The Labute approximate surface area is 116 Å². The molecule has 0 heterocycles. The van der Waals surface area contributed by atoms with Crippen LogP contribution in [0.5, 0.6) is 5.75 Å². The lowest BCUT2D eigenvalue weighted by atomic mass is 10.0. The minimum atomic E-state index is 0.567. The van der Waals surface area contributed by atoms with Crippen LogP contribution in [0.2, 0.25) is 0 Å². The molecule has 2 fully saturated rings. The van der Waals surface area contributed by atoms with Crippen molar-refractivity contribution in [3.8, 4) is 5.75 Å². The van der Waals surface area contributed by atoms with E-state index in [4.69, 9.17) is 4.74 Å². The van der Waals surface area contributed by atoms with Crippen molar-refractivity contribution in [2.24, 2.45) is 11.8 Å². The van der Waals surface area contributed by atoms with Gasteiger partial charge in [0, 0.05) is 12.1 Å². The van der Waals surface area contributed by atoms with E-state index in [9.17, 15) is 0 Å². The molecule has 3 atom stereocenters. The maximum absolute atomic E-state index is 5.25. The molecule has 2 aliphatic rings. The van der Waals surface area contributed by atoms with Crippen molar-refractivity contribution >= 4 is 0 Å². The lowest BCUT2D eigenvalue weighted by Gasteiger charge is -2.19. The van der Waals surface area contributed by atoms with Crippen LogP contribution in [0.25, 0.3) is 0 Å². The van der Waals surface area contributed by atoms with Gasteiger partial charge in [-0.15, -0.1) is 0 Å². The first kappa shape index (κ1) is 13.0. The summed E-state index contributed by atoms with van der Waals surface area (Å²) in [5.74, 6) is 2.74. The molecule has 1 aromatic rings. The first-order valence-corrected chi connectivity index (χ1v) is 7.71. The van der Waals surface area contributed by atoms with E-state index >= 15 is 0 Å². The van der Waals surface area contributed by atoms with Crippen LogP contribution in [0.3, 0.4) is 0 Å². The summed E-state index contributed by atoms with van der Waals surface area (Å²) in [6.07, 6.45) is 6.86. The number of ether oxygens (including phenoxy) is 1. The van der Waals surface area contributed by atoms with Crippen LogP contribution in [0.1, 0.15) is 50.6 Å². The average Bonchev–Trinajstić information content (AvgIpc) is 3.32. The Morgan fingerprint density at radius 3 is 2.58 bits per heavy atom. The number of methoxy groups -OCH3 is 1. The fraction of sp³-hybridized carbons (Fsp3) is 0.647. The summed E-state index contributed by atoms with van der Waals surface area (Å²) in [5, 5.41) is 3.90. The molecule has 0 spiro atoms. The maximum atomic E-state index is 5.25. The fourth-order valence-electron chi connectivity index (χ4n) is 3.12. The zero-order valence-electron chi connectivity index (χ0n) is 12.1. The van der Waals surface area contributed by atoms with E-state index in [-0.39, 0.29) is 0 Å². The lowest BCUT2D eigenvalue weighted by molar-refractivity contribution is 0.413. The second-order valence-corrected chi connectivity index (χ2v) is 6.15. The third kappa shape index (κ3) is 3.11. The van der Waals surface area contributed by atoms with E-state index in [0.29, 0.717) is 6.04 Å². The number of hydrogen-bond acceptors (Lipinski definition) is 2. The number of benzene rings is 1. The smallest absolute Gasteiger partial charge is 0.118 e. The van der Waals surface area contributed by atoms with Crippen LogP contribution in [-0.4, -0.2) is 13.2 Å². The van der Waals surface area contributed by atoms with Crippen molar-refractivity contribution in [2.45, 2.75) is 51.1 Å². The highest BCUT2D eigenvalue weighted by atomic mass is 16.5. The quantitative estimate of drug-likeness (QED) is 0.801. The monoisotopic (exact) mass is 259 g/mol. The molecular weight excluding hydrogens is 234 g/mol. The van der Waals surface area contributed by atoms with Crippen LogP contribution in [0, 0.1) is 11.8 Å². The molecule has 1 aromatic carbocycles. The highest BCUT2D eigenvalue weighted by Gasteiger charge is 2.41. The molecule has 0 aliphatic heterocycles. The molecule has 0 radical (unpaired) electrons.